The van der Waals surface area contributed by atoms with Crippen molar-refractivity contribution in [3.63, 3.8) is 0 Å². The van der Waals surface area contributed by atoms with Crippen molar-refractivity contribution in [2.75, 3.05) is 5.32 Å². The second-order valence-electron chi connectivity index (χ2n) is 6.37. The van der Waals surface area contributed by atoms with Crippen molar-refractivity contribution < 1.29 is 9.59 Å². The third-order valence-corrected chi connectivity index (χ3v) is 5.04. The highest BCUT2D eigenvalue weighted by Crippen LogP contribution is 2.35. The van der Waals surface area contributed by atoms with Gasteiger partial charge in [-0.15, -0.1) is 23.7 Å². The van der Waals surface area contributed by atoms with Crippen LogP contribution in [-0.4, -0.2) is 26.4 Å². The Kier molecular flexibility index (Phi) is 5.15. The summed E-state index contributed by atoms with van der Waals surface area (Å²) in [7, 11) is 0. The van der Waals surface area contributed by atoms with Crippen molar-refractivity contribution >= 4 is 46.9 Å². The Morgan fingerprint density at radius 3 is 2.68 bits per heavy atom. The van der Waals surface area contributed by atoms with Crippen molar-refractivity contribution in [2.45, 2.75) is 26.2 Å². The largest absolute Gasteiger partial charge is 0.365 e. The Balaban J connectivity index is 0.00000225. The zero-order valence-electron chi connectivity index (χ0n) is 13.9. The highest BCUT2D eigenvalue weighted by molar-refractivity contribution is 7.14. The molecular formula is C16H18ClN5O2S. The second-order valence-corrected chi connectivity index (χ2v) is 7.42. The second kappa shape index (κ2) is 6.81. The van der Waals surface area contributed by atoms with Gasteiger partial charge >= 0.3 is 0 Å². The first-order chi connectivity index (χ1) is 11.3. The molecule has 0 saturated heterocycles. The number of hydrogen-bond donors (Lipinski definition) is 2. The number of aromatic nitrogens is 3. The van der Waals surface area contributed by atoms with E-state index in [-0.39, 0.29) is 23.7 Å². The molecule has 7 nitrogen and oxygen atoms in total. The average Bonchev–Trinajstić information content (AvgIpc) is 3.10. The van der Waals surface area contributed by atoms with Gasteiger partial charge in [0, 0.05) is 17.3 Å². The quantitative estimate of drug-likeness (QED) is 0.730. The van der Waals surface area contributed by atoms with Gasteiger partial charge in [0.1, 0.15) is 10.4 Å². The van der Waals surface area contributed by atoms with E-state index >= 15 is 0 Å². The normalized spacial score (nSPS) is 11.2. The van der Waals surface area contributed by atoms with Gasteiger partial charge in [-0.25, -0.2) is 9.50 Å². The molecular weight excluding hydrogens is 362 g/mol. The van der Waals surface area contributed by atoms with Crippen LogP contribution in [0, 0.1) is 0 Å². The Hall–Kier alpha value is -2.45. The van der Waals surface area contributed by atoms with Crippen LogP contribution < -0.4 is 11.1 Å². The molecule has 0 saturated carbocycles. The SMILES string of the molecule is CC(C)(C)c1cc(NC(=O)c2cnn3cccnc23)c(C(N)=O)s1.Cl. The molecule has 0 aromatic carbocycles. The lowest BCUT2D eigenvalue weighted by atomic mass is 9.94. The lowest BCUT2D eigenvalue weighted by Crippen LogP contribution is -2.16. The number of halogens is 1. The van der Waals surface area contributed by atoms with Crippen LogP contribution in [0.1, 0.15) is 45.7 Å². The molecule has 9 heteroatoms. The van der Waals surface area contributed by atoms with E-state index in [0.29, 0.717) is 21.8 Å². The average molecular weight is 380 g/mol. The number of thiophene rings is 1. The fourth-order valence-electron chi connectivity index (χ4n) is 2.21. The maximum Gasteiger partial charge on any atom is 0.261 e. The number of carbonyl (C=O) groups excluding carboxylic acids is 2. The molecule has 0 bridgehead atoms. The molecule has 3 aromatic heterocycles. The van der Waals surface area contributed by atoms with Gasteiger partial charge in [0.25, 0.3) is 11.8 Å². The van der Waals surface area contributed by atoms with Gasteiger partial charge in [-0.05, 0) is 17.5 Å². The monoisotopic (exact) mass is 379 g/mol. The first-order valence-electron chi connectivity index (χ1n) is 7.31. The first kappa shape index (κ1) is 18.9. The minimum absolute atomic E-state index is 0. The molecule has 2 amide bonds. The van der Waals surface area contributed by atoms with Crippen LogP contribution in [0.2, 0.25) is 0 Å². The Bertz CT molecular complexity index is 942. The first-order valence-corrected chi connectivity index (χ1v) is 8.13. The highest BCUT2D eigenvalue weighted by atomic mass is 35.5. The summed E-state index contributed by atoms with van der Waals surface area (Å²) in [6, 6.07) is 3.52. The molecule has 3 heterocycles. The van der Waals surface area contributed by atoms with Crippen molar-refractivity contribution in [1.82, 2.24) is 14.6 Å². The molecule has 3 aromatic rings. The van der Waals surface area contributed by atoms with Crippen LogP contribution in [0.15, 0.2) is 30.7 Å². The number of fused-ring (bicyclic) bond motifs is 1. The number of rotatable bonds is 3. The summed E-state index contributed by atoms with van der Waals surface area (Å²) in [5.41, 5.74) is 6.49. The number of amides is 2. The minimum Gasteiger partial charge on any atom is -0.365 e. The predicted octanol–water partition coefficient (Wildman–Crippen LogP) is 2.86. The summed E-state index contributed by atoms with van der Waals surface area (Å²) in [4.78, 5) is 29.7. The Morgan fingerprint density at radius 1 is 1.32 bits per heavy atom. The molecule has 0 fully saturated rings. The smallest absolute Gasteiger partial charge is 0.261 e. The van der Waals surface area contributed by atoms with E-state index < -0.39 is 5.91 Å². The number of nitrogens with two attached hydrogens (primary N) is 1. The summed E-state index contributed by atoms with van der Waals surface area (Å²) in [5, 5.41) is 6.84. The maximum atomic E-state index is 12.6. The Labute approximate surface area is 154 Å². The number of primary amides is 1. The van der Waals surface area contributed by atoms with Crippen LogP contribution >= 0.6 is 23.7 Å². The summed E-state index contributed by atoms with van der Waals surface area (Å²) in [5.74, 6) is -0.951. The standard InChI is InChI=1S/C16H17N5O2S.ClH/c1-16(2,3)11-7-10(12(24-11)13(17)22)20-15(23)9-8-19-21-6-4-5-18-14(9)21;/h4-8H,1-3H3,(H2,17,22)(H,20,23);1H. The van der Waals surface area contributed by atoms with E-state index in [1.807, 2.05) is 20.8 Å². The van der Waals surface area contributed by atoms with E-state index in [0.717, 1.165) is 4.88 Å². The summed E-state index contributed by atoms with van der Waals surface area (Å²) in [6.45, 7) is 6.10. The molecule has 3 N–H and O–H groups in total. The van der Waals surface area contributed by atoms with E-state index in [2.05, 4.69) is 15.4 Å². The van der Waals surface area contributed by atoms with Crippen LogP contribution in [0.25, 0.3) is 5.65 Å². The maximum absolute atomic E-state index is 12.6. The van der Waals surface area contributed by atoms with Crippen molar-refractivity contribution in [2.24, 2.45) is 5.73 Å². The fourth-order valence-corrected chi connectivity index (χ4v) is 3.24. The van der Waals surface area contributed by atoms with Gasteiger partial charge in [0.15, 0.2) is 5.65 Å². The van der Waals surface area contributed by atoms with E-state index in [1.165, 1.54) is 22.0 Å². The molecule has 0 aliphatic heterocycles. The molecule has 0 unspecified atom stereocenters. The molecule has 0 atom stereocenters. The molecule has 3 rings (SSSR count). The zero-order chi connectivity index (χ0) is 17.5. The third-order valence-electron chi connectivity index (χ3n) is 3.47. The number of anilines is 1. The van der Waals surface area contributed by atoms with Gasteiger partial charge in [0.05, 0.1) is 11.9 Å². The minimum atomic E-state index is -0.566. The van der Waals surface area contributed by atoms with Crippen LogP contribution in [0.4, 0.5) is 5.69 Å². The molecule has 0 spiro atoms. The zero-order valence-corrected chi connectivity index (χ0v) is 15.6. The third kappa shape index (κ3) is 3.64. The summed E-state index contributed by atoms with van der Waals surface area (Å²) in [6.07, 6.45) is 4.74. The molecule has 25 heavy (non-hydrogen) atoms. The number of carbonyl (C=O) groups is 2. The van der Waals surface area contributed by atoms with Crippen molar-refractivity contribution in [3.05, 3.63) is 46.0 Å². The highest BCUT2D eigenvalue weighted by Gasteiger charge is 2.24. The van der Waals surface area contributed by atoms with Gasteiger partial charge in [-0.2, -0.15) is 5.10 Å². The van der Waals surface area contributed by atoms with Crippen molar-refractivity contribution in [1.29, 1.82) is 0 Å². The number of hydrogen-bond acceptors (Lipinski definition) is 5. The molecule has 0 radical (unpaired) electrons. The fraction of sp³-hybridized carbons (Fsp3) is 0.250. The molecule has 0 aliphatic carbocycles. The molecule has 0 aliphatic rings. The lowest BCUT2D eigenvalue weighted by Gasteiger charge is -2.15. The van der Waals surface area contributed by atoms with Crippen LogP contribution in [0.5, 0.6) is 0 Å². The van der Waals surface area contributed by atoms with Gasteiger partial charge in [0.2, 0.25) is 0 Å². The van der Waals surface area contributed by atoms with Gasteiger partial charge in [-0.1, -0.05) is 20.8 Å². The summed E-state index contributed by atoms with van der Waals surface area (Å²) < 4.78 is 1.51. The van der Waals surface area contributed by atoms with Gasteiger partial charge < -0.3 is 11.1 Å². The topological polar surface area (TPSA) is 102 Å². The van der Waals surface area contributed by atoms with E-state index in [9.17, 15) is 9.59 Å². The molecule has 132 valence electrons. The summed E-state index contributed by atoms with van der Waals surface area (Å²) >= 11 is 1.29. The lowest BCUT2D eigenvalue weighted by molar-refractivity contribution is 0.100. The predicted molar refractivity (Wildman–Crippen MR) is 99.7 cm³/mol. The number of nitrogens with one attached hydrogen (secondary N) is 1. The van der Waals surface area contributed by atoms with E-state index in [1.54, 1.807) is 24.5 Å². The van der Waals surface area contributed by atoms with Crippen LogP contribution in [0.3, 0.4) is 0 Å². The van der Waals surface area contributed by atoms with Crippen molar-refractivity contribution in [3.8, 4) is 0 Å². The Morgan fingerprint density at radius 2 is 2.04 bits per heavy atom. The van der Waals surface area contributed by atoms with E-state index in [4.69, 9.17) is 5.73 Å². The number of nitrogens with zero attached hydrogens (tertiary/aromatic N) is 3. The van der Waals surface area contributed by atoms with Gasteiger partial charge in [-0.3, -0.25) is 9.59 Å². The van der Waals surface area contributed by atoms with Crippen LogP contribution in [-0.2, 0) is 5.41 Å².